The molecule has 1 aliphatic rings. The van der Waals surface area contributed by atoms with Crippen LogP contribution in [0.3, 0.4) is 0 Å². The quantitative estimate of drug-likeness (QED) is 0.685. The molecule has 3 aromatic rings. The van der Waals surface area contributed by atoms with Crippen molar-refractivity contribution in [3.8, 4) is 11.3 Å². The molecule has 28 heavy (non-hydrogen) atoms. The molecule has 6 nitrogen and oxygen atoms in total. The van der Waals surface area contributed by atoms with E-state index in [0.29, 0.717) is 18.9 Å². The second-order valence-corrected chi connectivity index (χ2v) is 6.75. The summed E-state index contributed by atoms with van der Waals surface area (Å²) in [7, 11) is 0. The minimum Gasteiger partial charge on any atom is -0.354 e. The van der Waals surface area contributed by atoms with Crippen LogP contribution >= 0.6 is 0 Å². The summed E-state index contributed by atoms with van der Waals surface area (Å²) in [6, 6.07) is 9.78. The number of aromatic nitrogens is 2. The molecule has 2 amide bonds. The van der Waals surface area contributed by atoms with E-state index in [0.717, 1.165) is 33.3 Å². The third-order valence-corrected chi connectivity index (χ3v) is 5.10. The lowest BCUT2D eigenvalue weighted by Gasteiger charge is -2.15. The molecule has 6 heteroatoms. The number of aromatic amines is 1. The molecule has 3 heterocycles. The topological polar surface area (TPSA) is 78.1 Å². The van der Waals surface area contributed by atoms with Gasteiger partial charge in [-0.05, 0) is 55.3 Å². The number of hydrogen-bond acceptors (Lipinski definition) is 3. The zero-order valence-electron chi connectivity index (χ0n) is 16.0. The van der Waals surface area contributed by atoms with Gasteiger partial charge in [0.1, 0.15) is 5.82 Å². The summed E-state index contributed by atoms with van der Waals surface area (Å²) in [5.74, 6) is 0.484. The molecular formula is C22H22N4O2. The lowest BCUT2D eigenvalue weighted by Crippen LogP contribution is -2.28. The van der Waals surface area contributed by atoms with E-state index in [1.54, 1.807) is 17.2 Å². The number of anilines is 1. The first-order valence-corrected chi connectivity index (χ1v) is 9.47. The highest BCUT2D eigenvalue weighted by molar-refractivity contribution is 6.04. The van der Waals surface area contributed by atoms with Crippen LogP contribution in [-0.2, 0) is 16.0 Å². The zero-order chi connectivity index (χ0) is 19.7. The molecule has 0 unspecified atom stereocenters. The van der Waals surface area contributed by atoms with E-state index in [-0.39, 0.29) is 18.2 Å². The van der Waals surface area contributed by atoms with Crippen LogP contribution in [0.25, 0.3) is 28.2 Å². The molecule has 1 aliphatic heterocycles. The van der Waals surface area contributed by atoms with Gasteiger partial charge in [0.2, 0.25) is 11.8 Å². The predicted octanol–water partition coefficient (Wildman–Crippen LogP) is 3.61. The van der Waals surface area contributed by atoms with Gasteiger partial charge < -0.3 is 15.2 Å². The standard InChI is InChI=1S/C22H22N4O2/c1-3-26(4-2)20(28)10-8-14-7-9-18-16(12-14)17-13-19(27)25-22-15(21(17)24-18)6-5-11-23-22/h5-12,24H,3-4,13H2,1-2H3,(H,23,25,27)/b10-8+. The molecular weight excluding hydrogens is 352 g/mol. The van der Waals surface area contributed by atoms with Gasteiger partial charge in [-0.15, -0.1) is 0 Å². The first kappa shape index (κ1) is 18.0. The van der Waals surface area contributed by atoms with E-state index in [2.05, 4.69) is 15.3 Å². The Morgan fingerprint density at radius 3 is 2.86 bits per heavy atom. The number of H-pyrrole nitrogens is 1. The molecule has 0 saturated carbocycles. The number of rotatable bonds is 4. The van der Waals surface area contributed by atoms with Crippen molar-refractivity contribution >= 4 is 34.6 Å². The smallest absolute Gasteiger partial charge is 0.246 e. The van der Waals surface area contributed by atoms with Crippen molar-refractivity contribution in [2.75, 3.05) is 18.4 Å². The summed E-state index contributed by atoms with van der Waals surface area (Å²) in [4.78, 5) is 34.1. The van der Waals surface area contributed by atoms with E-state index in [1.165, 1.54) is 0 Å². The number of likely N-dealkylation sites (N-methyl/N-ethyl adjacent to an activating group) is 1. The van der Waals surface area contributed by atoms with E-state index < -0.39 is 0 Å². The van der Waals surface area contributed by atoms with Crippen LogP contribution in [0.15, 0.2) is 42.6 Å². The molecule has 0 fully saturated rings. The van der Waals surface area contributed by atoms with Crippen molar-refractivity contribution in [2.24, 2.45) is 0 Å². The molecule has 2 N–H and O–H groups in total. The lowest BCUT2D eigenvalue weighted by molar-refractivity contribution is -0.125. The minimum atomic E-state index is -0.0859. The summed E-state index contributed by atoms with van der Waals surface area (Å²) in [6.45, 7) is 5.31. The van der Waals surface area contributed by atoms with Crippen molar-refractivity contribution in [2.45, 2.75) is 20.3 Å². The molecule has 0 spiro atoms. The number of nitrogens with one attached hydrogen (secondary N) is 2. The van der Waals surface area contributed by atoms with Crippen LogP contribution in [0, 0.1) is 0 Å². The maximum absolute atomic E-state index is 12.4. The van der Waals surface area contributed by atoms with E-state index in [1.807, 2.05) is 50.3 Å². The van der Waals surface area contributed by atoms with Crippen LogP contribution < -0.4 is 5.32 Å². The Labute approximate surface area is 163 Å². The highest BCUT2D eigenvalue weighted by Crippen LogP contribution is 2.36. The summed E-state index contributed by atoms with van der Waals surface area (Å²) in [5.41, 5.74) is 4.63. The molecule has 0 aliphatic carbocycles. The summed E-state index contributed by atoms with van der Waals surface area (Å²) in [6.07, 6.45) is 5.37. The van der Waals surface area contributed by atoms with Crippen molar-refractivity contribution in [3.05, 3.63) is 53.7 Å². The van der Waals surface area contributed by atoms with Crippen LogP contribution in [0.1, 0.15) is 25.0 Å². The van der Waals surface area contributed by atoms with Crippen LogP contribution in [0.5, 0.6) is 0 Å². The number of pyridine rings is 1. The van der Waals surface area contributed by atoms with Gasteiger partial charge in [-0.3, -0.25) is 9.59 Å². The molecule has 142 valence electrons. The number of hydrogen-bond donors (Lipinski definition) is 2. The minimum absolute atomic E-state index is 0.00243. The monoisotopic (exact) mass is 374 g/mol. The summed E-state index contributed by atoms with van der Waals surface area (Å²) in [5, 5.41) is 3.85. The molecule has 2 aromatic heterocycles. The SMILES string of the molecule is CCN(CC)C(=O)/C=C/c1ccc2[nH]c3c(c2c1)CC(=O)Nc1ncccc1-3. The predicted molar refractivity (Wildman–Crippen MR) is 111 cm³/mol. The zero-order valence-corrected chi connectivity index (χ0v) is 16.0. The van der Waals surface area contributed by atoms with Gasteiger partial charge in [0, 0.05) is 41.8 Å². The number of amides is 2. The third kappa shape index (κ3) is 3.17. The normalized spacial score (nSPS) is 13.1. The summed E-state index contributed by atoms with van der Waals surface area (Å²) < 4.78 is 0. The first-order chi connectivity index (χ1) is 13.6. The fourth-order valence-electron chi connectivity index (χ4n) is 3.63. The second kappa shape index (κ2) is 7.31. The van der Waals surface area contributed by atoms with Gasteiger partial charge in [-0.25, -0.2) is 4.98 Å². The van der Waals surface area contributed by atoms with Gasteiger partial charge in [0.15, 0.2) is 0 Å². The van der Waals surface area contributed by atoms with Crippen molar-refractivity contribution in [1.82, 2.24) is 14.9 Å². The second-order valence-electron chi connectivity index (χ2n) is 6.75. The third-order valence-electron chi connectivity index (χ3n) is 5.10. The highest BCUT2D eigenvalue weighted by atomic mass is 16.2. The fraction of sp³-hybridized carbons (Fsp3) is 0.227. The Morgan fingerprint density at radius 2 is 2.07 bits per heavy atom. The Bertz CT molecular complexity index is 1090. The highest BCUT2D eigenvalue weighted by Gasteiger charge is 2.23. The van der Waals surface area contributed by atoms with Gasteiger partial charge in [0.05, 0.1) is 12.1 Å². The average Bonchev–Trinajstić information content (AvgIpc) is 2.98. The van der Waals surface area contributed by atoms with E-state index >= 15 is 0 Å². The summed E-state index contributed by atoms with van der Waals surface area (Å²) >= 11 is 0. The number of benzene rings is 1. The van der Waals surface area contributed by atoms with Crippen molar-refractivity contribution in [3.63, 3.8) is 0 Å². The number of carbonyl (C=O) groups is 2. The Kier molecular flexibility index (Phi) is 4.69. The molecule has 0 radical (unpaired) electrons. The van der Waals surface area contributed by atoms with Crippen LogP contribution in [0.4, 0.5) is 5.82 Å². The van der Waals surface area contributed by atoms with Crippen molar-refractivity contribution < 1.29 is 9.59 Å². The number of fused-ring (bicyclic) bond motifs is 5. The Balaban J connectivity index is 1.76. The van der Waals surface area contributed by atoms with Gasteiger partial charge in [0.25, 0.3) is 0 Å². The van der Waals surface area contributed by atoms with Crippen LogP contribution in [-0.4, -0.2) is 39.8 Å². The first-order valence-electron chi connectivity index (χ1n) is 9.47. The molecule has 1 aromatic carbocycles. The molecule has 0 bridgehead atoms. The molecule has 0 atom stereocenters. The van der Waals surface area contributed by atoms with Crippen molar-refractivity contribution in [1.29, 1.82) is 0 Å². The van der Waals surface area contributed by atoms with E-state index in [4.69, 9.17) is 0 Å². The Hall–Kier alpha value is -3.41. The van der Waals surface area contributed by atoms with E-state index in [9.17, 15) is 9.59 Å². The molecule has 4 rings (SSSR count). The van der Waals surface area contributed by atoms with Gasteiger partial charge in [-0.1, -0.05) is 6.07 Å². The maximum atomic E-state index is 12.4. The number of carbonyl (C=O) groups excluding carboxylic acids is 2. The lowest BCUT2D eigenvalue weighted by atomic mass is 10.0. The largest absolute Gasteiger partial charge is 0.354 e. The maximum Gasteiger partial charge on any atom is 0.246 e. The molecule has 0 saturated heterocycles. The number of nitrogens with zero attached hydrogens (tertiary/aromatic N) is 2. The average molecular weight is 374 g/mol. The Morgan fingerprint density at radius 1 is 1.25 bits per heavy atom. The van der Waals surface area contributed by atoms with Gasteiger partial charge >= 0.3 is 0 Å². The fourth-order valence-corrected chi connectivity index (χ4v) is 3.63. The van der Waals surface area contributed by atoms with Gasteiger partial charge in [-0.2, -0.15) is 0 Å². The van der Waals surface area contributed by atoms with Crippen LogP contribution in [0.2, 0.25) is 0 Å².